The van der Waals surface area contributed by atoms with Crippen molar-refractivity contribution in [1.29, 1.82) is 0 Å². The summed E-state index contributed by atoms with van der Waals surface area (Å²) in [7, 11) is 0. The fourth-order valence-corrected chi connectivity index (χ4v) is 1.92. The number of hydrogen-bond acceptors (Lipinski definition) is 3. The Morgan fingerprint density at radius 1 is 1.69 bits per heavy atom. The first-order chi connectivity index (χ1) is 6.38. The molecule has 1 aromatic heterocycles. The molecule has 0 aromatic carbocycles. The summed E-state index contributed by atoms with van der Waals surface area (Å²) in [5.41, 5.74) is 5.64. The summed E-state index contributed by atoms with van der Waals surface area (Å²) in [5.74, 6) is 2.59. The van der Waals surface area contributed by atoms with E-state index in [1.165, 1.54) is 4.88 Å². The van der Waals surface area contributed by atoms with Crippen LogP contribution in [0.15, 0.2) is 17.5 Å². The smallest absolute Gasteiger partial charge is 0.0539 e. The molecule has 1 rings (SSSR count). The molecule has 1 heterocycles. The third-order valence-corrected chi connectivity index (χ3v) is 2.77. The molecule has 0 saturated heterocycles. The van der Waals surface area contributed by atoms with Gasteiger partial charge in [0.05, 0.1) is 6.04 Å². The normalized spacial score (nSPS) is 12.3. The molecule has 0 amide bonds. The van der Waals surface area contributed by atoms with Crippen LogP contribution in [0.25, 0.3) is 0 Å². The van der Waals surface area contributed by atoms with Gasteiger partial charge in [-0.25, -0.2) is 0 Å². The second kappa shape index (κ2) is 5.76. The lowest BCUT2D eigenvalue weighted by Gasteiger charge is -2.13. The monoisotopic (exact) mass is 194 g/mol. The van der Waals surface area contributed by atoms with Crippen molar-refractivity contribution < 1.29 is 0 Å². The zero-order chi connectivity index (χ0) is 9.52. The van der Waals surface area contributed by atoms with Crippen molar-refractivity contribution in [2.24, 2.45) is 5.73 Å². The lowest BCUT2D eigenvalue weighted by Crippen LogP contribution is -2.28. The average Bonchev–Trinajstić information content (AvgIpc) is 2.65. The highest BCUT2D eigenvalue weighted by molar-refractivity contribution is 7.10. The largest absolute Gasteiger partial charge is 0.329 e. The maximum Gasteiger partial charge on any atom is 0.0539 e. The number of rotatable bonds is 5. The highest BCUT2D eigenvalue weighted by Crippen LogP contribution is 2.17. The Balaban J connectivity index is 2.41. The molecule has 1 aromatic rings. The zero-order valence-corrected chi connectivity index (χ0v) is 8.31. The zero-order valence-electron chi connectivity index (χ0n) is 7.49. The molecule has 2 nitrogen and oxygen atoms in total. The molecule has 0 aliphatic heterocycles. The highest BCUT2D eigenvalue weighted by atomic mass is 32.1. The van der Waals surface area contributed by atoms with E-state index in [-0.39, 0.29) is 6.04 Å². The molecular formula is C10H14N2S. The van der Waals surface area contributed by atoms with Crippen LogP contribution in [0.2, 0.25) is 0 Å². The molecule has 0 saturated carbocycles. The first-order valence-electron chi connectivity index (χ1n) is 4.28. The Hall–Kier alpha value is -0.820. The predicted molar refractivity (Wildman–Crippen MR) is 57.6 cm³/mol. The van der Waals surface area contributed by atoms with E-state index in [0.29, 0.717) is 6.54 Å². The summed E-state index contributed by atoms with van der Waals surface area (Å²) >= 11 is 1.72. The van der Waals surface area contributed by atoms with Crippen LogP contribution in [0, 0.1) is 12.3 Å². The van der Waals surface area contributed by atoms with Gasteiger partial charge in [-0.3, -0.25) is 0 Å². The van der Waals surface area contributed by atoms with Gasteiger partial charge in [0.25, 0.3) is 0 Å². The lowest BCUT2D eigenvalue weighted by molar-refractivity contribution is 0.558. The second-order valence-electron chi connectivity index (χ2n) is 2.71. The fourth-order valence-electron chi connectivity index (χ4n) is 1.11. The van der Waals surface area contributed by atoms with E-state index in [1.54, 1.807) is 11.3 Å². The van der Waals surface area contributed by atoms with Gasteiger partial charge in [0.2, 0.25) is 0 Å². The number of thiophene rings is 1. The van der Waals surface area contributed by atoms with Gasteiger partial charge in [-0.15, -0.1) is 23.7 Å². The molecular weight excluding hydrogens is 180 g/mol. The van der Waals surface area contributed by atoms with Crippen LogP contribution < -0.4 is 11.1 Å². The summed E-state index contributed by atoms with van der Waals surface area (Å²) in [5, 5.41) is 5.37. The SMILES string of the molecule is C#CCCNC(CN)c1cccs1. The van der Waals surface area contributed by atoms with Crippen LogP contribution in [-0.2, 0) is 0 Å². The molecule has 1 unspecified atom stereocenters. The van der Waals surface area contributed by atoms with Crippen LogP contribution in [-0.4, -0.2) is 13.1 Å². The minimum atomic E-state index is 0.258. The highest BCUT2D eigenvalue weighted by Gasteiger charge is 2.08. The van der Waals surface area contributed by atoms with Crippen LogP contribution in [0.4, 0.5) is 0 Å². The van der Waals surface area contributed by atoms with Crippen molar-refractivity contribution in [3.05, 3.63) is 22.4 Å². The van der Waals surface area contributed by atoms with Crippen molar-refractivity contribution in [1.82, 2.24) is 5.32 Å². The van der Waals surface area contributed by atoms with Crippen molar-refractivity contribution in [2.75, 3.05) is 13.1 Å². The summed E-state index contributed by atoms with van der Waals surface area (Å²) in [4.78, 5) is 1.28. The van der Waals surface area contributed by atoms with E-state index in [9.17, 15) is 0 Å². The molecule has 1 atom stereocenters. The van der Waals surface area contributed by atoms with E-state index in [2.05, 4.69) is 22.7 Å². The van der Waals surface area contributed by atoms with Crippen LogP contribution in [0.3, 0.4) is 0 Å². The Bertz CT molecular complexity index is 261. The molecule has 13 heavy (non-hydrogen) atoms. The summed E-state index contributed by atoms with van der Waals surface area (Å²) in [6.07, 6.45) is 5.91. The molecule has 0 radical (unpaired) electrons. The van der Waals surface area contributed by atoms with Crippen LogP contribution in [0.5, 0.6) is 0 Å². The topological polar surface area (TPSA) is 38.0 Å². The molecule has 3 heteroatoms. The molecule has 0 aliphatic rings. The van der Waals surface area contributed by atoms with Crippen molar-refractivity contribution in [3.63, 3.8) is 0 Å². The van der Waals surface area contributed by atoms with Gasteiger partial charge in [0, 0.05) is 24.4 Å². The van der Waals surface area contributed by atoms with Gasteiger partial charge in [0.15, 0.2) is 0 Å². The van der Waals surface area contributed by atoms with Gasteiger partial charge in [-0.1, -0.05) is 6.07 Å². The van der Waals surface area contributed by atoms with Gasteiger partial charge < -0.3 is 11.1 Å². The first-order valence-corrected chi connectivity index (χ1v) is 5.16. The lowest BCUT2D eigenvalue weighted by atomic mass is 10.2. The van der Waals surface area contributed by atoms with Crippen molar-refractivity contribution in [2.45, 2.75) is 12.5 Å². The van der Waals surface area contributed by atoms with E-state index in [4.69, 9.17) is 12.2 Å². The number of nitrogens with one attached hydrogen (secondary N) is 1. The predicted octanol–water partition coefficient (Wildman–Crippen LogP) is 1.36. The molecule has 0 fully saturated rings. The maximum atomic E-state index is 5.64. The number of nitrogens with two attached hydrogens (primary N) is 1. The van der Waals surface area contributed by atoms with Crippen molar-refractivity contribution >= 4 is 11.3 Å². The molecule has 70 valence electrons. The summed E-state index contributed by atoms with van der Waals surface area (Å²) < 4.78 is 0. The summed E-state index contributed by atoms with van der Waals surface area (Å²) in [6, 6.07) is 4.38. The molecule has 0 aliphatic carbocycles. The van der Waals surface area contributed by atoms with E-state index in [1.807, 2.05) is 6.07 Å². The minimum Gasteiger partial charge on any atom is -0.329 e. The van der Waals surface area contributed by atoms with E-state index < -0.39 is 0 Å². The Labute approximate surface area is 83.2 Å². The Kier molecular flexibility index (Phi) is 4.55. The molecule has 0 bridgehead atoms. The fraction of sp³-hybridized carbons (Fsp3) is 0.400. The quantitative estimate of drug-likeness (QED) is 0.548. The van der Waals surface area contributed by atoms with Crippen molar-refractivity contribution in [3.8, 4) is 12.3 Å². The van der Waals surface area contributed by atoms with Gasteiger partial charge in [-0.05, 0) is 11.4 Å². The number of hydrogen-bond donors (Lipinski definition) is 2. The third-order valence-electron chi connectivity index (χ3n) is 1.78. The van der Waals surface area contributed by atoms with Gasteiger partial charge in [-0.2, -0.15) is 0 Å². The average molecular weight is 194 g/mol. The number of terminal acetylenes is 1. The third kappa shape index (κ3) is 3.19. The van der Waals surface area contributed by atoms with E-state index >= 15 is 0 Å². The van der Waals surface area contributed by atoms with Crippen LogP contribution >= 0.6 is 11.3 Å². The first kappa shape index (κ1) is 10.3. The minimum absolute atomic E-state index is 0.258. The standard InChI is InChI=1S/C10H14N2S/c1-2-3-6-12-9(8-11)10-5-4-7-13-10/h1,4-5,7,9,12H,3,6,8,11H2. The van der Waals surface area contributed by atoms with E-state index in [0.717, 1.165) is 13.0 Å². The summed E-state index contributed by atoms with van der Waals surface area (Å²) in [6.45, 7) is 1.45. The van der Waals surface area contributed by atoms with Crippen LogP contribution in [0.1, 0.15) is 17.3 Å². The Morgan fingerprint density at radius 3 is 3.08 bits per heavy atom. The maximum absolute atomic E-state index is 5.64. The van der Waals surface area contributed by atoms with Gasteiger partial charge >= 0.3 is 0 Å². The van der Waals surface area contributed by atoms with Gasteiger partial charge in [0.1, 0.15) is 0 Å². The molecule has 0 spiro atoms. The molecule has 3 N–H and O–H groups in total. The Morgan fingerprint density at radius 2 is 2.54 bits per heavy atom. The second-order valence-corrected chi connectivity index (χ2v) is 3.69.